The van der Waals surface area contributed by atoms with Gasteiger partial charge in [-0.3, -0.25) is 4.79 Å². The van der Waals surface area contributed by atoms with Crippen LogP contribution in [0.2, 0.25) is 0 Å². The second kappa shape index (κ2) is 8.97. The first-order valence-corrected chi connectivity index (χ1v) is 9.29. The van der Waals surface area contributed by atoms with E-state index in [1.54, 1.807) is 6.21 Å². The summed E-state index contributed by atoms with van der Waals surface area (Å²) in [5.41, 5.74) is 6.64. The molecule has 1 aliphatic rings. The molecule has 1 aromatic heterocycles. The Morgan fingerprint density at radius 2 is 2.19 bits per heavy atom. The van der Waals surface area contributed by atoms with E-state index in [0.29, 0.717) is 0 Å². The van der Waals surface area contributed by atoms with Gasteiger partial charge in [0.25, 0.3) is 5.91 Å². The molecule has 27 heavy (non-hydrogen) atoms. The Kier molecular flexibility index (Phi) is 6.42. The van der Waals surface area contributed by atoms with Crippen molar-refractivity contribution in [3.8, 4) is 0 Å². The van der Waals surface area contributed by atoms with E-state index in [4.69, 9.17) is 9.47 Å². The predicted octanol–water partition coefficient (Wildman–Crippen LogP) is 3.12. The third-order valence-corrected chi connectivity index (χ3v) is 4.98. The number of benzene rings is 1. The van der Waals surface area contributed by atoms with E-state index in [9.17, 15) is 4.79 Å². The maximum Gasteiger partial charge on any atom is 0.273 e. The summed E-state index contributed by atoms with van der Waals surface area (Å²) in [5, 5.41) is 4.13. The van der Waals surface area contributed by atoms with Gasteiger partial charge in [0.05, 0.1) is 12.3 Å². The molecule has 0 saturated carbocycles. The Hall–Kier alpha value is -2.44. The van der Waals surface area contributed by atoms with Gasteiger partial charge < -0.3 is 14.0 Å². The first kappa shape index (κ1) is 19.3. The molecule has 0 radical (unpaired) electrons. The molecule has 144 valence electrons. The zero-order chi connectivity index (χ0) is 19.2. The quantitative estimate of drug-likeness (QED) is 0.602. The van der Waals surface area contributed by atoms with E-state index in [1.165, 1.54) is 7.11 Å². The van der Waals surface area contributed by atoms with E-state index in [0.717, 1.165) is 48.5 Å². The summed E-state index contributed by atoms with van der Waals surface area (Å²) in [6.45, 7) is 5.85. The minimum absolute atomic E-state index is 0.285. The first-order valence-electron chi connectivity index (χ1n) is 9.29. The lowest BCUT2D eigenvalue weighted by molar-refractivity contribution is -0.131. The van der Waals surface area contributed by atoms with Crippen LogP contribution in [0.4, 0.5) is 0 Å². The molecule has 2 atom stereocenters. The molecule has 1 aromatic carbocycles. The number of hydrogen-bond donors (Lipinski definition) is 1. The van der Waals surface area contributed by atoms with E-state index in [2.05, 4.69) is 35.0 Å². The molecule has 1 saturated heterocycles. The van der Waals surface area contributed by atoms with Crippen LogP contribution in [0, 0.1) is 13.8 Å². The van der Waals surface area contributed by atoms with Gasteiger partial charge in [0.1, 0.15) is 0 Å². The van der Waals surface area contributed by atoms with Gasteiger partial charge in [0, 0.05) is 37.2 Å². The third kappa shape index (κ3) is 4.64. The van der Waals surface area contributed by atoms with Crippen LogP contribution in [0.1, 0.15) is 41.5 Å². The van der Waals surface area contributed by atoms with Gasteiger partial charge >= 0.3 is 0 Å². The number of hydrazone groups is 1. The second-order valence-corrected chi connectivity index (χ2v) is 6.83. The summed E-state index contributed by atoms with van der Waals surface area (Å²) in [4.78, 5) is 12.4. The van der Waals surface area contributed by atoms with E-state index in [1.807, 2.05) is 30.3 Å². The van der Waals surface area contributed by atoms with Crippen LogP contribution in [-0.4, -0.2) is 36.5 Å². The van der Waals surface area contributed by atoms with Gasteiger partial charge in [-0.1, -0.05) is 30.3 Å². The number of nitrogens with one attached hydrogen (secondary N) is 1. The first-order chi connectivity index (χ1) is 13.1. The molecule has 1 N–H and O–H groups in total. The molecule has 0 unspecified atom stereocenters. The average molecular weight is 369 g/mol. The standard InChI is InChI=1S/C21H27N3O3/c1-15-12-18(16(2)24(15)14-19-10-7-11-27-19)13-22-23-21(25)20(26-3)17-8-5-4-6-9-17/h4-6,8-9,12-13,19-20H,7,10-11,14H2,1-3H3,(H,23,25)/b22-13-/t19-,20-/m0/s1. The number of carbonyl (C=O) groups is 1. The SMILES string of the molecule is CO[C@H](C(=O)N/N=C\c1cc(C)n(C[C@@H]2CCCO2)c1C)c1ccccc1. The van der Waals surface area contributed by atoms with Crippen molar-refractivity contribution in [1.29, 1.82) is 0 Å². The molecule has 1 fully saturated rings. The van der Waals surface area contributed by atoms with E-state index in [-0.39, 0.29) is 12.0 Å². The molecular weight excluding hydrogens is 342 g/mol. The monoisotopic (exact) mass is 369 g/mol. The summed E-state index contributed by atoms with van der Waals surface area (Å²) in [5.74, 6) is -0.298. The lowest BCUT2D eigenvalue weighted by Gasteiger charge is -2.14. The van der Waals surface area contributed by atoms with Crippen LogP contribution in [-0.2, 0) is 20.8 Å². The third-order valence-electron chi connectivity index (χ3n) is 4.98. The molecule has 2 heterocycles. The van der Waals surface area contributed by atoms with Crippen molar-refractivity contribution >= 4 is 12.1 Å². The Morgan fingerprint density at radius 1 is 1.41 bits per heavy atom. The molecule has 1 aliphatic heterocycles. The fraction of sp³-hybridized carbons (Fsp3) is 0.429. The zero-order valence-electron chi connectivity index (χ0n) is 16.1. The average Bonchev–Trinajstić information content (AvgIpc) is 3.27. The van der Waals surface area contributed by atoms with Gasteiger partial charge in [0.2, 0.25) is 0 Å². The van der Waals surface area contributed by atoms with Crippen molar-refractivity contribution in [3.05, 3.63) is 58.9 Å². The van der Waals surface area contributed by atoms with Crippen LogP contribution < -0.4 is 5.43 Å². The largest absolute Gasteiger partial charge is 0.376 e. The van der Waals surface area contributed by atoms with Crippen LogP contribution in [0.3, 0.4) is 0 Å². The molecule has 3 rings (SSSR count). The highest BCUT2D eigenvalue weighted by Crippen LogP contribution is 2.20. The smallest absolute Gasteiger partial charge is 0.273 e. The number of rotatable bonds is 7. The van der Waals surface area contributed by atoms with Gasteiger partial charge in [-0.2, -0.15) is 5.10 Å². The van der Waals surface area contributed by atoms with E-state index >= 15 is 0 Å². The van der Waals surface area contributed by atoms with Crippen LogP contribution >= 0.6 is 0 Å². The minimum atomic E-state index is -0.685. The minimum Gasteiger partial charge on any atom is -0.376 e. The van der Waals surface area contributed by atoms with Crippen LogP contribution in [0.15, 0.2) is 41.5 Å². The summed E-state index contributed by atoms with van der Waals surface area (Å²) < 4.78 is 13.3. The van der Waals surface area contributed by atoms with Crippen LogP contribution in [0.5, 0.6) is 0 Å². The van der Waals surface area contributed by atoms with Crippen molar-refractivity contribution < 1.29 is 14.3 Å². The number of aryl methyl sites for hydroxylation is 1. The molecule has 0 spiro atoms. The summed E-state index contributed by atoms with van der Waals surface area (Å²) >= 11 is 0. The zero-order valence-corrected chi connectivity index (χ0v) is 16.1. The maximum absolute atomic E-state index is 12.4. The number of aromatic nitrogens is 1. The molecule has 6 nitrogen and oxygen atoms in total. The number of carbonyl (C=O) groups excluding carboxylic acids is 1. The summed E-state index contributed by atoms with van der Waals surface area (Å²) in [6.07, 6.45) is 3.52. The van der Waals surface area contributed by atoms with Crippen molar-refractivity contribution in [1.82, 2.24) is 9.99 Å². The Balaban J connectivity index is 1.64. The summed E-state index contributed by atoms with van der Waals surface area (Å²) in [7, 11) is 1.51. The highest BCUT2D eigenvalue weighted by atomic mass is 16.5. The highest BCUT2D eigenvalue weighted by molar-refractivity contribution is 5.86. The topological polar surface area (TPSA) is 64.8 Å². The molecule has 0 bridgehead atoms. The Bertz CT molecular complexity index is 793. The fourth-order valence-corrected chi connectivity index (χ4v) is 3.48. The van der Waals surface area contributed by atoms with E-state index < -0.39 is 6.10 Å². The lowest BCUT2D eigenvalue weighted by atomic mass is 10.1. The van der Waals surface area contributed by atoms with Crippen molar-refractivity contribution in [2.45, 2.75) is 45.4 Å². The van der Waals surface area contributed by atoms with Gasteiger partial charge in [-0.25, -0.2) is 5.43 Å². The van der Waals surface area contributed by atoms with Crippen molar-refractivity contribution in [2.24, 2.45) is 5.10 Å². The highest BCUT2D eigenvalue weighted by Gasteiger charge is 2.20. The molecule has 6 heteroatoms. The number of amides is 1. The number of methoxy groups -OCH3 is 1. The summed E-state index contributed by atoms with van der Waals surface area (Å²) in [6, 6.07) is 11.4. The normalized spacial score (nSPS) is 18.1. The van der Waals surface area contributed by atoms with Crippen LogP contribution in [0.25, 0.3) is 0 Å². The molecule has 0 aliphatic carbocycles. The maximum atomic E-state index is 12.4. The fourth-order valence-electron chi connectivity index (χ4n) is 3.48. The van der Waals surface area contributed by atoms with Crippen molar-refractivity contribution in [3.63, 3.8) is 0 Å². The number of hydrogen-bond acceptors (Lipinski definition) is 4. The van der Waals surface area contributed by atoms with Gasteiger partial charge in [-0.05, 0) is 38.3 Å². The molecule has 2 aromatic rings. The lowest BCUT2D eigenvalue weighted by Crippen LogP contribution is -2.26. The Morgan fingerprint density at radius 3 is 2.85 bits per heavy atom. The van der Waals surface area contributed by atoms with Gasteiger partial charge in [0.15, 0.2) is 6.10 Å². The van der Waals surface area contributed by atoms with Crippen molar-refractivity contribution in [2.75, 3.05) is 13.7 Å². The number of nitrogens with zero attached hydrogens (tertiary/aromatic N) is 2. The van der Waals surface area contributed by atoms with Gasteiger partial charge in [-0.15, -0.1) is 0 Å². The molecular formula is C21H27N3O3. The number of ether oxygens (including phenoxy) is 2. The Labute approximate surface area is 160 Å². The molecule has 1 amide bonds. The predicted molar refractivity (Wildman–Crippen MR) is 105 cm³/mol. The second-order valence-electron chi connectivity index (χ2n) is 6.83.